The first kappa shape index (κ1) is 15.9. The molecule has 1 aliphatic rings. The van der Waals surface area contributed by atoms with E-state index >= 15 is 0 Å². The van der Waals surface area contributed by atoms with Gasteiger partial charge in [0.1, 0.15) is 5.01 Å². The van der Waals surface area contributed by atoms with Gasteiger partial charge in [0.15, 0.2) is 0 Å². The second-order valence-corrected chi connectivity index (χ2v) is 6.79. The maximum absolute atomic E-state index is 12.3. The summed E-state index contributed by atoms with van der Waals surface area (Å²) < 4.78 is 0. The van der Waals surface area contributed by atoms with Crippen LogP contribution < -0.4 is 5.32 Å². The summed E-state index contributed by atoms with van der Waals surface area (Å²) >= 11 is 1.59. The van der Waals surface area contributed by atoms with Crippen LogP contribution in [0.15, 0.2) is 6.20 Å². The molecule has 0 aliphatic heterocycles. The van der Waals surface area contributed by atoms with Crippen LogP contribution >= 0.6 is 11.3 Å². The number of aromatic nitrogens is 1. The van der Waals surface area contributed by atoms with Crippen molar-refractivity contribution in [2.45, 2.75) is 46.1 Å². The predicted octanol–water partition coefficient (Wildman–Crippen LogP) is 2.46. The molecule has 2 rings (SSSR count). The fourth-order valence-corrected chi connectivity index (χ4v) is 3.73. The molecule has 1 fully saturated rings. The number of hydrogen-bond acceptors (Lipinski definition) is 4. The maximum Gasteiger partial charge on any atom is 0.307 e. The number of nitrogens with one attached hydrogen (secondary N) is 1. The Kier molecular flexibility index (Phi) is 5.33. The van der Waals surface area contributed by atoms with Crippen molar-refractivity contribution in [3.05, 3.63) is 16.1 Å². The number of nitrogens with zero attached hydrogens (tertiary/aromatic N) is 1. The number of thiazole rings is 1. The minimum atomic E-state index is -0.853. The molecule has 1 saturated carbocycles. The van der Waals surface area contributed by atoms with Gasteiger partial charge >= 0.3 is 5.97 Å². The van der Waals surface area contributed by atoms with Gasteiger partial charge in [-0.25, -0.2) is 4.98 Å². The van der Waals surface area contributed by atoms with E-state index in [1.165, 1.54) is 4.88 Å². The molecule has 3 atom stereocenters. The number of carbonyl (C=O) groups is 2. The lowest BCUT2D eigenvalue weighted by atomic mass is 9.95. The van der Waals surface area contributed by atoms with E-state index in [9.17, 15) is 14.7 Å². The summed E-state index contributed by atoms with van der Waals surface area (Å²) in [5.74, 6) is -1.61. The number of carbonyl (C=O) groups excluding carboxylic acids is 1. The summed E-state index contributed by atoms with van der Waals surface area (Å²) in [5, 5.41) is 13.0. The molecule has 0 spiro atoms. The molecule has 1 aliphatic carbocycles. The van der Waals surface area contributed by atoms with Gasteiger partial charge in [-0.15, -0.1) is 11.3 Å². The van der Waals surface area contributed by atoms with Crippen LogP contribution in [0.3, 0.4) is 0 Å². The van der Waals surface area contributed by atoms with Gasteiger partial charge in [0.05, 0.1) is 18.4 Å². The molecule has 1 aromatic heterocycles. The van der Waals surface area contributed by atoms with Gasteiger partial charge in [-0.05, 0) is 25.2 Å². The Morgan fingerprint density at radius 1 is 1.38 bits per heavy atom. The molecule has 1 amide bonds. The van der Waals surface area contributed by atoms with E-state index < -0.39 is 17.8 Å². The van der Waals surface area contributed by atoms with Gasteiger partial charge in [-0.1, -0.05) is 20.3 Å². The minimum Gasteiger partial charge on any atom is -0.481 e. The number of carboxylic acid groups (broad SMARTS) is 1. The number of carboxylic acids is 1. The first-order chi connectivity index (χ1) is 10.0. The van der Waals surface area contributed by atoms with E-state index in [2.05, 4.69) is 17.2 Å². The third kappa shape index (κ3) is 3.81. The zero-order chi connectivity index (χ0) is 15.4. The van der Waals surface area contributed by atoms with Crippen molar-refractivity contribution < 1.29 is 14.7 Å². The molecule has 0 radical (unpaired) electrons. The quantitative estimate of drug-likeness (QED) is 0.846. The number of amides is 1. The third-order valence-electron chi connectivity index (χ3n) is 4.26. The lowest BCUT2D eigenvalue weighted by Crippen LogP contribution is -2.34. The summed E-state index contributed by atoms with van der Waals surface area (Å²) in [7, 11) is 0. The average molecular weight is 310 g/mol. The Labute approximate surface area is 128 Å². The van der Waals surface area contributed by atoms with Crippen molar-refractivity contribution in [3.8, 4) is 0 Å². The maximum atomic E-state index is 12.3. The average Bonchev–Trinajstić information content (AvgIpc) is 3.11. The second-order valence-electron chi connectivity index (χ2n) is 5.59. The smallest absolute Gasteiger partial charge is 0.307 e. The Bertz CT molecular complexity index is 515. The zero-order valence-electron chi connectivity index (χ0n) is 12.5. The molecule has 5 nitrogen and oxygen atoms in total. The highest BCUT2D eigenvalue weighted by molar-refractivity contribution is 7.11. The van der Waals surface area contributed by atoms with Crippen LogP contribution in [0.2, 0.25) is 0 Å². The molecule has 1 aromatic rings. The van der Waals surface area contributed by atoms with Gasteiger partial charge in [0.2, 0.25) is 5.91 Å². The van der Waals surface area contributed by atoms with Crippen LogP contribution in [-0.4, -0.2) is 22.0 Å². The van der Waals surface area contributed by atoms with Crippen LogP contribution in [-0.2, 0) is 22.6 Å². The van der Waals surface area contributed by atoms with Crippen molar-refractivity contribution in [3.63, 3.8) is 0 Å². The molecular weight excluding hydrogens is 288 g/mol. The number of hydrogen-bond donors (Lipinski definition) is 2. The van der Waals surface area contributed by atoms with Crippen molar-refractivity contribution in [1.82, 2.24) is 10.3 Å². The lowest BCUT2D eigenvalue weighted by Gasteiger charge is -2.14. The SMILES string of the molecule is CCc1cnc(CNC(=O)[C@H]2CC(CC)C[C@H]2C(=O)O)s1. The molecule has 0 bridgehead atoms. The Morgan fingerprint density at radius 2 is 2.10 bits per heavy atom. The van der Waals surface area contributed by atoms with E-state index in [-0.39, 0.29) is 5.91 Å². The summed E-state index contributed by atoms with van der Waals surface area (Å²) in [6.07, 6.45) is 4.99. The predicted molar refractivity (Wildman–Crippen MR) is 81.0 cm³/mol. The van der Waals surface area contributed by atoms with Crippen molar-refractivity contribution in [2.75, 3.05) is 0 Å². The van der Waals surface area contributed by atoms with Crippen molar-refractivity contribution in [1.29, 1.82) is 0 Å². The van der Waals surface area contributed by atoms with Crippen LogP contribution in [0.4, 0.5) is 0 Å². The monoisotopic (exact) mass is 310 g/mol. The normalized spacial score (nSPS) is 25.0. The summed E-state index contributed by atoms with van der Waals surface area (Å²) in [6, 6.07) is 0. The van der Waals surface area contributed by atoms with E-state index in [0.717, 1.165) is 17.8 Å². The fourth-order valence-electron chi connectivity index (χ4n) is 2.93. The first-order valence-corrected chi connectivity index (χ1v) is 8.30. The Morgan fingerprint density at radius 3 is 2.67 bits per heavy atom. The lowest BCUT2D eigenvalue weighted by molar-refractivity contribution is -0.146. The minimum absolute atomic E-state index is 0.147. The molecular formula is C15H22N2O3S. The molecule has 6 heteroatoms. The van der Waals surface area contributed by atoms with Crippen LogP contribution in [0.5, 0.6) is 0 Å². The molecule has 0 saturated heterocycles. The van der Waals surface area contributed by atoms with Gasteiger partial charge in [0, 0.05) is 11.1 Å². The molecule has 1 unspecified atom stereocenters. The van der Waals surface area contributed by atoms with Gasteiger partial charge in [-0.2, -0.15) is 0 Å². The number of aryl methyl sites for hydroxylation is 1. The second kappa shape index (κ2) is 7.02. The first-order valence-electron chi connectivity index (χ1n) is 7.49. The number of aliphatic carboxylic acids is 1. The summed E-state index contributed by atoms with van der Waals surface area (Å²) in [5.41, 5.74) is 0. The van der Waals surface area contributed by atoms with E-state index in [1.54, 1.807) is 11.3 Å². The van der Waals surface area contributed by atoms with Crippen LogP contribution in [0, 0.1) is 17.8 Å². The van der Waals surface area contributed by atoms with Crippen molar-refractivity contribution in [2.24, 2.45) is 17.8 Å². The topological polar surface area (TPSA) is 79.3 Å². The highest BCUT2D eigenvalue weighted by Gasteiger charge is 2.41. The summed E-state index contributed by atoms with van der Waals surface area (Å²) in [6.45, 7) is 4.51. The van der Waals surface area contributed by atoms with E-state index in [0.29, 0.717) is 25.3 Å². The van der Waals surface area contributed by atoms with Crippen LogP contribution in [0.1, 0.15) is 43.0 Å². The van der Waals surface area contributed by atoms with Crippen molar-refractivity contribution >= 4 is 23.2 Å². The van der Waals surface area contributed by atoms with E-state index in [4.69, 9.17) is 0 Å². The Hall–Kier alpha value is -1.43. The van der Waals surface area contributed by atoms with Gasteiger partial charge in [0.25, 0.3) is 0 Å². The standard InChI is InChI=1S/C15H22N2O3S/c1-3-9-5-11(12(6-9)15(19)20)14(18)17-8-13-16-7-10(4-2)21-13/h7,9,11-12H,3-6,8H2,1-2H3,(H,17,18)(H,19,20)/t9?,11-,12+/m0/s1. The fraction of sp³-hybridized carbons (Fsp3) is 0.667. The third-order valence-corrected chi connectivity index (χ3v) is 5.40. The molecule has 116 valence electrons. The highest BCUT2D eigenvalue weighted by atomic mass is 32.1. The molecule has 0 aromatic carbocycles. The van der Waals surface area contributed by atoms with Gasteiger partial charge < -0.3 is 10.4 Å². The Balaban J connectivity index is 1.93. The summed E-state index contributed by atoms with van der Waals surface area (Å²) in [4.78, 5) is 29.0. The molecule has 1 heterocycles. The van der Waals surface area contributed by atoms with Gasteiger partial charge in [-0.3, -0.25) is 9.59 Å². The molecule has 2 N–H and O–H groups in total. The van der Waals surface area contributed by atoms with E-state index in [1.807, 2.05) is 13.1 Å². The number of rotatable bonds is 6. The largest absolute Gasteiger partial charge is 0.481 e. The molecule has 21 heavy (non-hydrogen) atoms. The zero-order valence-corrected chi connectivity index (χ0v) is 13.3. The van der Waals surface area contributed by atoms with Crippen LogP contribution in [0.25, 0.3) is 0 Å². The highest BCUT2D eigenvalue weighted by Crippen LogP contribution is 2.38.